The van der Waals surface area contributed by atoms with E-state index < -0.39 is 27.1 Å². The molecule has 3 unspecified atom stereocenters. The van der Waals surface area contributed by atoms with Gasteiger partial charge in [0.25, 0.3) is 5.91 Å². The fraction of sp³-hybridized carbons (Fsp3) is 0.474. The van der Waals surface area contributed by atoms with Crippen molar-refractivity contribution in [2.24, 2.45) is 5.92 Å². The molecule has 11 heteroatoms. The first-order valence-corrected chi connectivity index (χ1v) is 18.5. The van der Waals surface area contributed by atoms with Gasteiger partial charge in [-0.25, -0.2) is 17.9 Å². The number of fused-ring (bicyclic) bond motifs is 3. The van der Waals surface area contributed by atoms with Crippen molar-refractivity contribution in [1.29, 1.82) is 0 Å². The SMILES string of the molecule is CC.CC(C)(C)NS(=O)(=O)c1ccc(C2(O)C(=O)N(Cc3ccc(N)cc3)c3ccccc32)cc1.CC(C)(C)OC(=O)N1CC2CCC1C2. The van der Waals surface area contributed by atoms with Gasteiger partial charge >= 0.3 is 6.09 Å². The number of aliphatic hydroxyl groups is 1. The summed E-state index contributed by atoms with van der Waals surface area (Å²) in [5.41, 5.74) is 5.69. The number of sulfonamides is 1. The molecule has 3 aromatic carbocycles. The number of nitrogens with two attached hydrogens (primary N) is 1. The van der Waals surface area contributed by atoms with Crippen LogP contribution in [0.4, 0.5) is 16.2 Å². The van der Waals surface area contributed by atoms with E-state index in [1.54, 1.807) is 51.1 Å². The average molecular weight is 693 g/mol. The summed E-state index contributed by atoms with van der Waals surface area (Å²) >= 11 is 0. The number of para-hydroxylation sites is 1. The molecule has 266 valence electrons. The molecule has 1 aliphatic carbocycles. The highest BCUT2D eigenvalue weighted by atomic mass is 32.2. The van der Waals surface area contributed by atoms with Crippen LogP contribution in [0.15, 0.2) is 77.7 Å². The van der Waals surface area contributed by atoms with Crippen LogP contribution < -0.4 is 15.4 Å². The van der Waals surface area contributed by atoms with Gasteiger partial charge in [-0.2, -0.15) is 0 Å². The van der Waals surface area contributed by atoms with Crippen LogP contribution in [0.1, 0.15) is 91.3 Å². The van der Waals surface area contributed by atoms with Gasteiger partial charge in [0.1, 0.15) is 5.60 Å². The Morgan fingerprint density at radius 1 is 0.959 bits per heavy atom. The third-order valence-corrected chi connectivity index (χ3v) is 10.3. The van der Waals surface area contributed by atoms with Crippen LogP contribution in [0.2, 0.25) is 0 Å². The Kier molecular flexibility index (Phi) is 11.2. The van der Waals surface area contributed by atoms with E-state index in [9.17, 15) is 23.1 Å². The minimum Gasteiger partial charge on any atom is -0.444 e. The predicted molar refractivity (Wildman–Crippen MR) is 193 cm³/mol. The number of rotatable bonds is 5. The number of nitrogens with zero attached hydrogens (tertiary/aromatic N) is 2. The molecule has 2 aliphatic heterocycles. The van der Waals surface area contributed by atoms with Crippen molar-refractivity contribution < 1.29 is 27.9 Å². The van der Waals surface area contributed by atoms with Crippen LogP contribution in [0, 0.1) is 5.92 Å². The smallest absolute Gasteiger partial charge is 0.410 e. The number of ether oxygens (including phenoxy) is 1. The van der Waals surface area contributed by atoms with Crippen molar-refractivity contribution in [3.63, 3.8) is 0 Å². The lowest BCUT2D eigenvalue weighted by atomic mass is 9.87. The fourth-order valence-electron chi connectivity index (χ4n) is 6.48. The molecule has 6 rings (SSSR count). The average Bonchev–Trinajstić information content (AvgIpc) is 3.73. The molecule has 3 atom stereocenters. The molecule has 0 spiro atoms. The lowest BCUT2D eigenvalue weighted by Crippen LogP contribution is -2.41. The summed E-state index contributed by atoms with van der Waals surface area (Å²) in [5.74, 6) is 0.247. The maximum absolute atomic E-state index is 13.5. The minimum atomic E-state index is -3.74. The van der Waals surface area contributed by atoms with E-state index in [0.29, 0.717) is 28.5 Å². The van der Waals surface area contributed by atoms with Gasteiger partial charge in [-0.1, -0.05) is 56.3 Å². The van der Waals surface area contributed by atoms with Crippen molar-refractivity contribution >= 4 is 33.4 Å². The Hall–Kier alpha value is -3.93. The molecule has 49 heavy (non-hydrogen) atoms. The van der Waals surface area contributed by atoms with Gasteiger partial charge in [-0.3, -0.25) is 4.79 Å². The number of piperidine rings is 1. The topological polar surface area (TPSA) is 142 Å². The number of hydrogen-bond donors (Lipinski definition) is 3. The van der Waals surface area contributed by atoms with Crippen LogP contribution in [0.25, 0.3) is 0 Å². The number of hydrogen-bond acceptors (Lipinski definition) is 7. The van der Waals surface area contributed by atoms with E-state index in [-0.39, 0.29) is 23.1 Å². The third kappa shape index (κ3) is 8.63. The van der Waals surface area contributed by atoms with E-state index in [2.05, 4.69) is 4.72 Å². The standard InChI is InChI=1S/C25H27N3O4S.C11H19NO2.C2H6/c1-24(2,3)27-33(31,32)20-14-10-18(11-15-20)25(30)21-6-4-5-7-22(21)28(23(25)29)16-17-8-12-19(26)13-9-17;1-11(2,3)14-10(13)12-7-8-4-5-9(12)6-8;1-2/h4-15,27,30H,16,26H2,1-3H3;8-9H,4-7H2,1-3H3;1-2H3. The Balaban J connectivity index is 0.000000281. The number of benzene rings is 3. The quantitative estimate of drug-likeness (QED) is 0.257. The van der Waals surface area contributed by atoms with Crippen LogP contribution in [0.5, 0.6) is 0 Å². The van der Waals surface area contributed by atoms with Crippen molar-refractivity contribution in [3.8, 4) is 0 Å². The number of anilines is 2. The molecule has 1 saturated carbocycles. The van der Waals surface area contributed by atoms with Gasteiger partial charge in [0.2, 0.25) is 10.0 Å². The molecule has 1 saturated heterocycles. The van der Waals surface area contributed by atoms with Gasteiger partial charge in [0.15, 0.2) is 5.60 Å². The van der Waals surface area contributed by atoms with E-state index >= 15 is 0 Å². The van der Waals surface area contributed by atoms with E-state index in [4.69, 9.17) is 10.5 Å². The molecule has 0 radical (unpaired) electrons. The molecular formula is C38H52N4O6S. The summed E-state index contributed by atoms with van der Waals surface area (Å²) in [5, 5.41) is 11.7. The highest BCUT2D eigenvalue weighted by molar-refractivity contribution is 7.89. The molecule has 0 aromatic heterocycles. The number of carbonyl (C=O) groups is 2. The molecule has 3 aliphatic rings. The highest BCUT2D eigenvalue weighted by Gasteiger charge is 2.51. The van der Waals surface area contributed by atoms with Gasteiger partial charge in [0.05, 0.1) is 17.1 Å². The number of amides is 2. The van der Waals surface area contributed by atoms with Crippen LogP contribution in [-0.4, -0.2) is 54.2 Å². The second-order valence-electron chi connectivity index (χ2n) is 14.7. The summed E-state index contributed by atoms with van der Waals surface area (Å²) < 4.78 is 33.2. The first-order chi connectivity index (χ1) is 22.9. The first-order valence-electron chi connectivity index (χ1n) is 17.0. The monoisotopic (exact) mass is 692 g/mol. The van der Waals surface area contributed by atoms with Gasteiger partial charge in [-0.05, 0) is 108 Å². The Labute approximate surface area is 291 Å². The van der Waals surface area contributed by atoms with E-state index in [1.807, 2.05) is 57.7 Å². The Morgan fingerprint density at radius 3 is 2.10 bits per heavy atom. The molecule has 4 N–H and O–H groups in total. The zero-order chi connectivity index (χ0) is 36.4. The minimum absolute atomic E-state index is 0.0576. The summed E-state index contributed by atoms with van der Waals surface area (Å²) in [6.45, 7) is 16.2. The lowest BCUT2D eigenvalue weighted by Gasteiger charge is -2.30. The highest BCUT2D eigenvalue weighted by Crippen LogP contribution is 2.45. The molecule has 2 amide bonds. The van der Waals surface area contributed by atoms with Crippen LogP contribution >= 0.6 is 0 Å². The number of nitrogens with one attached hydrogen (secondary N) is 1. The van der Waals surface area contributed by atoms with Crippen LogP contribution in [0.3, 0.4) is 0 Å². The fourth-order valence-corrected chi connectivity index (χ4v) is 7.90. The number of nitrogen functional groups attached to an aromatic ring is 1. The molecule has 2 heterocycles. The molecule has 2 fully saturated rings. The summed E-state index contributed by atoms with van der Waals surface area (Å²) in [6.07, 6.45) is 3.54. The van der Waals surface area contributed by atoms with Crippen molar-refractivity contribution in [3.05, 3.63) is 89.5 Å². The molecular weight excluding hydrogens is 641 g/mol. The first kappa shape index (κ1) is 37.9. The summed E-state index contributed by atoms with van der Waals surface area (Å²) in [6, 6.07) is 20.5. The zero-order valence-electron chi connectivity index (χ0n) is 30.0. The zero-order valence-corrected chi connectivity index (χ0v) is 30.8. The van der Waals surface area contributed by atoms with Gasteiger partial charge in [-0.15, -0.1) is 0 Å². The second kappa shape index (κ2) is 14.5. The van der Waals surface area contributed by atoms with E-state index in [0.717, 1.165) is 18.0 Å². The normalized spacial score (nSPS) is 21.4. The predicted octanol–water partition coefficient (Wildman–Crippen LogP) is 6.56. The summed E-state index contributed by atoms with van der Waals surface area (Å²) in [4.78, 5) is 28.8. The largest absolute Gasteiger partial charge is 0.444 e. The maximum atomic E-state index is 13.5. The van der Waals surface area contributed by atoms with Gasteiger partial charge in [0, 0.05) is 29.4 Å². The molecule has 2 bridgehead atoms. The lowest BCUT2D eigenvalue weighted by molar-refractivity contribution is -0.132. The molecule has 3 aromatic rings. The molecule has 10 nitrogen and oxygen atoms in total. The summed E-state index contributed by atoms with van der Waals surface area (Å²) in [7, 11) is -3.74. The van der Waals surface area contributed by atoms with Crippen molar-refractivity contribution in [2.45, 2.75) is 109 Å². The Morgan fingerprint density at radius 2 is 1.57 bits per heavy atom. The number of likely N-dealkylation sites (tertiary alicyclic amines) is 1. The van der Waals surface area contributed by atoms with Crippen LogP contribution in [-0.2, 0) is 31.7 Å². The van der Waals surface area contributed by atoms with Crippen molar-refractivity contribution in [2.75, 3.05) is 17.2 Å². The Bertz CT molecular complexity index is 1730. The van der Waals surface area contributed by atoms with E-state index in [1.165, 1.54) is 48.4 Å². The third-order valence-electron chi connectivity index (χ3n) is 8.52. The second-order valence-corrected chi connectivity index (χ2v) is 16.4. The number of carbonyl (C=O) groups excluding carboxylic acids is 2. The maximum Gasteiger partial charge on any atom is 0.410 e. The van der Waals surface area contributed by atoms with Crippen molar-refractivity contribution in [1.82, 2.24) is 9.62 Å². The van der Waals surface area contributed by atoms with Gasteiger partial charge < -0.3 is 25.4 Å².